The summed E-state index contributed by atoms with van der Waals surface area (Å²) in [4.78, 5) is 12.1. The van der Waals surface area contributed by atoms with Crippen molar-refractivity contribution in [3.8, 4) is 5.75 Å². The zero-order valence-electron chi connectivity index (χ0n) is 14.1. The van der Waals surface area contributed by atoms with Crippen molar-refractivity contribution in [1.82, 2.24) is 0 Å². The molecule has 0 heterocycles. The molecule has 23 heavy (non-hydrogen) atoms. The number of hydrogen-bond acceptors (Lipinski definition) is 3. The number of nitrogens with two attached hydrogens (primary N) is 1. The smallest absolute Gasteiger partial charge is 0.262 e. The molecule has 4 heteroatoms. The molecule has 0 aliphatic rings. The maximum atomic E-state index is 12.1. The van der Waals surface area contributed by atoms with Crippen molar-refractivity contribution in [1.29, 1.82) is 0 Å². The Morgan fingerprint density at radius 2 is 1.70 bits per heavy atom. The van der Waals surface area contributed by atoms with E-state index in [0.717, 1.165) is 16.8 Å². The molecule has 2 aromatic carbocycles. The minimum absolute atomic E-state index is 0.0235. The van der Waals surface area contributed by atoms with Gasteiger partial charge < -0.3 is 15.8 Å². The summed E-state index contributed by atoms with van der Waals surface area (Å²) >= 11 is 0. The van der Waals surface area contributed by atoms with Crippen LogP contribution in [0.4, 0.5) is 11.4 Å². The number of aryl methyl sites for hydroxylation is 2. The first-order valence-electron chi connectivity index (χ1n) is 7.76. The quantitative estimate of drug-likeness (QED) is 0.819. The van der Waals surface area contributed by atoms with E-state index in [-0.39, 0.29) is 12.5 Å². The molecule has 2 aromatic rings. The number of rotatable bonds is 5. The molecule has 122 valence electrons. The second kappa shape index (κ2) is 7.18. The molecule has 0 aromatic heterocycles. The predicted octanol–water partition coefficient (Wildman–Crippen LogP) is 4.03. The number of anilines is 2. The van der Waals surface area contributed by atoms with Crippen molar-refractivity contribution in [2.24, 2.45) is 0 Å². The highest BCUT2D eigenvalue weighted by Gasteiger charge is 2.09. The maximum Gasteiger partial charge on any atom is 0.262 e. The van der Waals surface area contributed by atoms with Gasteiger partial charge in [0.05, 0.1) is 0 Å². The Labute approximate surface area is 137 Å². The standard InChI is InChI=1S/C19H24N2O2/c1-12(2)15-5-7-17(8-6-15)23-11-18(22)21-19-13(3)9-16(20)10-14(19)4/h5-10,12H,11,20H2,1-4H3,(H,21,22). The molecule has 2 rings (SSSR count). The van der Waals surface area contributed by atoms with Gasteiger partial charge in [0.1, 0.15) is 5.75 Å². The Balaban J connectivity index is 1.95. The van der Waals surface area contributed by atoms with Gasteiger partial charge in [0.15, 0.2) is 6.61 Å². The van der Waals surface area contributed by atoms with Crippen LogP contribution in [0, 0.1) is 13.8 Å². The lowest BCUT2D eigenvalue weighted by atomic mass is 10.0. The highest BCUT2D eigenvalue weighted by atomic mass is 16.5. The Hall–Kier alpha value is -2.49. The van der Waals surface area contributed by atoms with E-state index in [4.69, 9.17) is 10.5 Å². The van der Waals surface area contributed by atoms with Crippen LogP contribution >= 0.6 is 0 Å². The van der Waals surface area contributed by atoms with Gasteiger partial charge in [-0.05, 0) is 60.7 Å². The third-order valence-corrected chi connectivity index (χ3v) is 3.74. The van der Waals surface area contributed by atoms with Gasteiger partial charge in [-0.3, -0.25) is 4.79 Å². The van der Waals surface area contributed by atoms with E-state index in [1.165, 1.54) is 5.56 Å². The lowest BCUT2D eigenvalue weighted by molar-refractivity contribution is -0.118. The molecule has 0 aliphatic heterocycles. The van der Waals surface area contributed by atoms with Crippen LogP contribution in [0.25, 0.3) is 0 Å². The van der Waals surface area contributed by atoms with Crippen molar-refractivity contribution in [2.75, 3.05) is 17.7 Å². The third kappa shape index (κ3) is 4.49. The number of carbonyl (C=O) groups excluding carboxylic acids is 1. The number of carbonyl (C=O) groups is 1. The molecule has 0 atom stereocenters. The summed E-state index contributed by atoms with van der Waals surface area (Å²) < 4.78 is 5.54. The van der Waals surface area contributed by atoms with E-state index in [2.05, 4.69) is 19.2 Å². The lowest BCUT2D eigenvalue weighted by Gasteiger charge is -2.13. The third-order valence-electron chi connectivity index (χ3n) is 3.74. The van der Waals surface area contributed by atoms with Crippen LogP contribution in [0.15, 0.2) is 36.4 Å². The van der Waals surface area contributed by atoms with E-state index in [0.29, 0.717) is 17.4 Å². The highest BCUT2D eigenvalue weighted by molar-refractivity contribution is 5.93. The first-order valence-corrected chi connectivity index (χ1v) is 7.76. The minimum atomic E-state index is -0.186. The summed E-state index contributed by atoms with van der Waals surface area (Å²) in [5.74, 6) is 0.980. The summed E-state index contributed by atoms with van der Waals surface area (Å²) in [5, 5.41) is 2.89. The average molecular weight is 312 g/mol. The molecule has 0 bridgehead atoms. The number of nitrogen functional groups attached to an aromatic ring is 1. The monoisotopic (exact) mass is 312 g/mol. The molecular weight excluding hydrogens is 288 g/mol. The predicted molar refractivity (Wildman–Crippen MR) is 95.0 cm³/mol. The fourth-order valence-electron chi connectivity index (χ4n) is 2.47. The molecule has 0 spiro atoms. The van der Waals surface area contributed by atoms with Gasteiger partial charge in [0, 0.05) is 11.4 Å². The van der Waals surface area contributed by atoms with Gasteiger partial charge in [0.2, 0.25) is 0 Å². The van der Waals surface area contributed by atoms with Crippen LogP contribution in [0.3, 0.4) is 0 Å². The molecule has 1 amide bonds. The first-order chi connectivity index (χ1) is 10.9. The van der Waals surface area contributed by atoms with Crippen LogP contribution in [-0.2, 0) is 4.79 Å². The second-order valence-electron chi connectivity index (χ2n) is 6.09. The number of ether oxygens (including phenoxy) is 1. The second-order valence-corrected chi connectivity index (χ2v) is 6.09. The zero-order chi connectivity index (χ0) is 17.0. The molecule has 0 saturated heterocycles. The number of nitrogens with one attached hydrogen (secondary N) is 1. The number of hydrogen-bond donors (Lipinski definition) is 2. The van der Waals surface area contributed by atoms with Crippen molar-refractivity contribution in [3.05, 3.63) is 53.1 Å². The highest BCUT2D eigenvalue weighted by Crippen LogP contribution is 2.23. The molecule has 0 aliphatic carbocycles. The number of benzene rings is 2. The van der Waals surface area contributed by atoms with E-state index in [1.54, 1.807) is 0 Å². The van der Waals surface area contributed by atoms with Crippen LogP contribution in [-0.4, -0.2) is 12.5 Å². The number of amides is 1. The summed E-state index contributed by atoms with van der Waals surface area (Å²) in [6, 6.07) is 11.5. The Morgan fingerprint density at radius 1 is 1.13 bits per heavy atom. The SMILES string of the molecule is Cc1cc(N)cc(C)c1NC(=O)COc1ccc(C(C)C)cc1. The summed E-state index contributed by atoms with van der Waals surface area (Å²) in [7, 11) is 0. The van der Waals surface area contributed by atoms with Crippen molar-refractivity contribution in [2.45, 2.75) is 33.6 Å². The van der Waals surface area contributed by atoms with Crippen LogP contribution in [0.1, 0.15) is 36.5 Å². The van der Waals surface area contributed by atoms with Gasteiger partial charge >= 0.3 is 0 Å². The van der Waals surface area contributed by atoms with Crippen LogP contribution in [0.2, 0.25) is 0 Å². The minimum Gasteiger partial charge on any atom is -0.484 e. The molecule has 3 N–H and O–H groups in total. The molecule has 0 fully saturated rings. The summed E-state index contributed by atoms with van der Waals surface area (Å²) in [6.07, 6.45) is 0. The van der Waals surface area contributed by atoms with Crippen molar-refractivity contribution in [3.63, 3.8) is 0 Å². The molecular formula is C19H24N2O2. The molecule has 0 saturated carbocycles. The van der Waals surface area contributed by atoms with E-state index in [1.807, 2.05) is 50.2 Å². The van der Waals surface area contributed by atoms with E-state index in [9.17, 15) is 4.79 Å². The van der Waals surface area contributed by atoms with Gasteiger partial charge in [-0.1, -0.05) is 26.0 Å². The van der Waals surface area contributed by atoms with Gasteiger partial charge in [-0.25, -0.2) is 0 Å². The van der Waals surface area contributed by atoms with E-state index >= 15 is 0 Å². The van der Waals surface area contributed by atoms with Crippen LogP contribution < -0.4 is 15.8 Å². The molecule has 0 unspecified atom stereocenters. The Morgan fingerprint density at radius 3 is 2.22 bits per heavy atom. The summed E-state index contributed by atoms with van der Waals surface area (Å²) in [6.45, 7) is 8.10. The fourth-order valence-corrected chi connectivity index (χ4v) is 2.47. The van der Waals surface area contributed by atoms with E-state index < -0.39 is 0 Å². The Bertz CT molecular complexity index is 668. The maximum absolute atomic E-state index is 12.1. The molecule has 4 nitrogen and oxygen atoms in total. The topological polar surface area (TPSA) is 64.3 Å². The van der Waals surface area contributed by atoms with Crippen molar-refractivity contribution >= 4 is 17.3 Å². The van der Waals surface area contributed by atoms with Crippen LogP contribution in [0.5, 0.6) is 5.75 Å². The Kier molecular flexibility index (Phi) is 5.27. The van der Waals surface area contributed by atoms with Crippen molar-refractivity contribution < 1.29 is 9.53 Å². The normalized spacial score (nSPS) is 10.7. The van der Waals surface area contributed by atoms with Gasteiger partial charge in [-0.15, -0.1) is 0 Å². The van der Waals surface area contributed by atoms with Gasteiger partial charge in [0.25, 0.3) is 5.91 Å². The van der Waals surface area contributed by atoms with Gasteiger partial charge in [-0.2, -0.15) is 0 Å². The lowest BCUT2D eigenvalue weighted by Crippen LogP contribution is -2.21. The largest absolute Gasteiger partial charge is 0.484 e. The fraction of sp³-hybridized carbons (Fsp3) is 0.316. The average Bonchev–Trinajstić information content (AvgIpc) is 2.49. The zero-order valence-corrected chi connectivity index (χ0v) is 14.1. The first kappa shape index (κ1) is 16.9. The summed E-state index contributed by atoms with van der Waals surface area (Å²) in [5.41, 5.74) is 10.4. The molecule has 0 radical (unpaired) electrons.